The molecule has 8 aliphatic heterocycles. The molecule has 129 heavy (non-hydrogen) atoms. The van der Waals surface area contributed by atoms with Crippen LogP contribution < -0.4 is 5.32 Å². The van der Waals surface area contributed by atoms with Crippen molar-refractivity contribution < 1.29 is 197 Å². The Labute approximate surface area is 749 Å². The van der Waals surface area contributed by atoms with Gasteiger partial charge >= 0.3 is 5.97 Å². The molecule has 13 rings (SSSR count). The first-order valence-corrected chi connectivity index (χ1v) is 46.5. The molecule has 12 fully saturated rings. The zero-order valence-corrected chi connectivity index (χ0v) is 75.1. The topological polar surface area (TPSA) is 636 Å². The van der Waals surface area contributed by atoms with Gasteiger partial charge in [-0.25, -0.2) is 0 Å². The largest absolute Gasteiger partial charge is 0.432 e. The average Bonchev–Trinajstić information content (AvgIpc) is 0.668. The third kappa shape index (κ3) is 19.9. The Balaban J connectivity index is 0.767. The molecule has 0 spiro atoms. The Morgan fingerprint density at radius 1 is 0.442 bits per heavy atom. The van der Waals surface area contributed by atoms with Crippen molar-refractivity contribution in [1.29, 1.82) is 0 Å². The van der Waals surface area contributed by atoms with E-state index in [1.165, 1.54) is 33.6 Å². The molecule has 8 heterocycles. The summed E-state index contributed by atoms with van der Waals surface area (Å²) in [4.78, 5) is 45.6. The van der Waals surface area contributed by atoms with Crippen LogP contribution in [0.5, 0.6) is 0 Å². The zero-order valence-electron chi connectivity index (χ0n) is 75.1. The zero-order chi connectivity index (χ0) is 94.0. The van der Waals surface area contributed by atoms with E-state index in [0.29, 0.717) is 44.9 Å². The minimum absolute atomic E-state index is 0.00123. The van der Waals surface area contributed by atoms with Gasteiger partial charge in [0.2, 0.25) is 6.29 Å². The second-order valence-electron chi connectivity index (χ2n) is 40.5. The summed E-state index contributed by atoms with van der Waals surface area (Å²) in [5.41, 5.74) is -5.11. The van der Waals surface area contributed by atoms with Crippen LogP contribution in [0.3, 0.4) is 0 Å². The quantitative estimate of drug-likeness (QED) is 0.0103. The number of carbonyl (C=O) groups is 3. The van der Waals surface area contributed by atoms with Gasteiger partial charge in [0, 0.05) is 6.54 Å². The lowest BCUT2D eigenvalue weighted by atomic mass is 9.33. The number of carbonyl (C=O) groups excluding carboxylic acids is 3. The lowest BCUT2D eigenvalue weighted by Crippen LogP contribution is -2.70. The van der Waals surface area contributed by atoms with E-state index in [4.69, 9.17) is 75.8 Å². The van der Waals surface area contributed by atoms with Crippen LogP contribution in [0.15, 0.2) is 11.6 Å². The molecule has 5 aliphatic carbocycles. The molecule has 0 unspecified atom stereocenters. The van der Waals surface area contributed by atoms with Crippen molar-refractivity contribution in [2.24, 2.45) is 50.2 Å². The highest BCUT2D eigenvalue weighted by atomic mass is 16.8. The molecule has 41 nitrogen and oxygen atoms in total. The number of nitrogens with one attached hydrogen (secondary N) is 1. The fourth-order valence-electron chi connectivity index (χ4n) is 23.6. The smallest absolute Gasteiger partial charge is 0.317 e. The molecule has 0 aromatic heterocycles. The Hall–Kier alpha value is -3.09. The molecular formula is C88H145NO40. The predicted octanol–water partition coefficient (Wildman–Crippen LogP) is -4.18. The lowest BCUT2D eigenvalue weighted by molar-refractivity contribution is -0.399. The monoisotopic (exact) mass is 1860 g/mol. The Kier molecular flexibility index (Phi) is 33.6. The molecule has 1 amide bonds. The van der Waals surface area contributed by atoms with Gasteiger partial charge in [-0.1, -0.05) is 118 Å². The highest BCUT2D eigenvalue weighted by Gasteiger charge is 2.74. The van der Waals surface area contributed by atoms with Gasteiger partial charge in [0.15, 0.2) is 56.2 Å². The predicted molar refractivity (Wildman–Crippen MR) is 437 cm³/mol. The number of aliphatic hydroxyl groups excluding tert-OH is 21. The highest BCUT2D eigenvalue weighted by molar-refractivity contribution is 5.82. The molecule has 48 atom stereocenters. The van der Waals surface area contributed by atoms with E-state index in [0.717, 1.165) is 56.8 Å². The van der Waals surface area contributed by atoms with Crippen LogP contribution in [-0.4, -0.2) is 404 Å². The van der Waals surface area contributed by atoms with Crippen molar-refractivity contribution >= 4 is 18.2 Å². The first-order chi connectivity index (χ1) is 60.9. The van der Waals surface area contributed by atoms with E-state index < -0.39 is 328 Å². The minimum Gasteiger partial charge on any atom is -0.432 e. The van der Waals surface area contributed by atoms with Crippen LogP contribution in [0.25, 0.3) is 0 Å². The van der Waals surface area contributed by atoms with Crippen LogP contribution in [-0.2, 0) is 90.2 Å². The molecule has 8 saturated heterocycles. The van der Waals surface area contributed by atoms with Crippen molar-refractivity contribution in [2.45, 2.75) is 437 Å². The number of ether oxygens (including phenoxy) is 16. The number of amides is 1. The van der Waals surface area contributed by atoms with Gasteiger partial charge in [-0.3, -0.25) is 9.59 Å². The van der Waals surface area contributed by atoms with Crippen molar-refractivity contribution in [3.05, 3.63) is 11.6 Å². The molecule has 0 bridgehead atoms. The van der Waals surface area contributed by atoms with Gasteiger partial charge in [0.05, 0.1) is 62.4 Å². The van der Waals surface area contributed by atoms with Crippen molar-refractivity contribution in [3.8, 4) is 0 Å². The van der Waals surface area contributed by atoms with E-state index in [-0.39, 0.29) is 31.7 Å². The molecule has 742 valence electrons. The van der Waals surface area contributed by atoms with Crippen LogP contribution in [0.2, 0.25) is 0 Å². The Morgan fingerprint density at radius 3 is 1.53 bits per heavy atom. The minimum atomic E-state index is -2.23. The number of hydrogen-bond donors (Lipinski definition) is 22. The molecule has 0 radical (unpaired) electrons. The fourth-order valence-corrected chi connectivity index (χ4v) is 23.6. The van der Waals surface area contributed by atoms with Crippen molar-refractivity contribution in [1.82, 2.24) is 5.32 Å². The van der Waals surface area contributed by atoms with E-state index in [9.17, 15) is 117 Å². The summed E-state index contributed by atoms with van der Waals surface area (Å²) >= 11 is 0. The standard InChI is InChI=1S/C88H145NO40/c1-11-12-13-14-15-16-17-18-19-20-29-89-73(112)70-63(109)68(124-76-61(107)56(102)50(96)37(2)116-76)72(128-77-62(108)57(103)54(100)44(32-90)119-77)81(126-70)121-49-24-25-84(7)46(85(49,8)36-92)23-26-86(9)47(84)22-21-40-41-30-83(5,6)27-28-88(41,48(95)31-87(40,86)10)82(113)129-80-71(58(104)51(97)38(3)117-80)127-78-65(111)69(66(39(4)118-78)122-74-59(105)52(98)42(93)34-114-74)125-79-64(110)67(55(101)45(33-91)120-79)123-75-60(106)53(99)43(94)35-115-75/h21,36-39,41-72,74-81,90-91,93-111H,11-20,22-35H2,1-10H3,(H,89,112)/t37-,38+,39-,41+,42+,43+,44+,45+,46+,47+,48+,49-,50-,51-,52-,53-,54-,55+,56+,57-,58-,59+,60+,61+,62+,63-,64+,65+,66-,67-,68-,69-,70-,71+,72+,74-,75-,76-,77-,78-,79-,80-,81+,84-,85-,86+,87+,88+/m0/s1. The molecule has 0 aromatic carbocycles. The number of esters is 1. The molecular weight excluding hydrogens is 1710 g/mol. The number of unbranched alkanes of at least 4 members (excludes halogenated alkanes) is 9. The van der Waals surface area contributed by atoms with Crippen molar-refractivity contribution in [3.63, 3.8) is 0 Å². The first kappa shape index (κ1) is 103. The Morgan fingerprint density at radius 2 is 0.930 bits per heavy atom. The van der Waals surface area contributed by atoms with E-state index >= 15 is 4.79 Å². The number of aliphatic hydroxyl groups is 21. The average molecular weight is 1860 g/mol. The summed E-state index contributed by atoms with van der Waals surface area (Å²) in [6.45, 7) is 15.8. The maximum Gasteiger partial charge on any atom is 0.317 e. The lowest BCUT2D eigenvalue weighted by Gasteiger charge is -2.71. The van der Waals surface area contributed by atoms with E-state index in [1.807, 2.05) is 0 Å². The van der Waals surface area contributed by atoms with Crippen LogP contribution >= 0.6 is 0 Å². The van der Waals surface area contributed by atoms with Gasteiger partial charge in [-0.05, 0) is 124 Å². The van der Waals surface area contributed by atoms with Gasteiger partial charge in [0.25, 0.3) is 5.91 Å². The van der Waals surface area contributed by atoms with Crippen molar-refractivity contribution in [2.75, 3.05) is 33.0 Å². The number of aldehydes is 1. The number of hydrogen-bond acceptors (Lipinski definition) is 40. The maximum absolute atomic E-state index is 16.2. The van der Waals surface area contributed by atoms with Crippen LogP contribution in [0, 0.1) is 50.2 Å². The second-order valence-corrected chi connectivity index (χ2v) is 40.5. The normalized spacial score (nSPS) is 51.2. The van der Waals surface area contributed by atoms with E-state index in [1.54, 1.807) is 6.92 Å². The third-order valence-corrected chi connectivity index (χ3v) is 31.8. The summed E-state index contributed by atoms with van der Waals surface area (Å²) in [6.07, 6.45) is -57.0. The second kappa shape index (κ2) is 41.9. The van der Waals surface area contributed by atoms with Crippen LogP contribution in [0.1, 0.15) is 191 Å². The summed E-state index contributed by atoms with van der Waals surface area (Å²) in [5, 5.41) is 240. The summed E-state index contributed by atoms with van der Waals surface area (Å²) < 4.78 is 99.0. The summed E-state index contributed by atoms with van der Waals surface area (Å²) in [5.74, 6) is -3.30. The maximum atomic E-state index is 16.2. The van der Waals surface area contributed by atoms with Gasteiger partial charge in [-0.2, -0.15) is 0 Å². The number of fused-ring (bicyclic) bond motifs is 7. The molecule has 41 heteroatoms. The molecule has 0 aromatic rings. The molecule has 4 saturated carbocycles. The van der Waals surface area contributed by atoms with E-state index in [2.05, 4.69) is 52.9 Å². The van der Waals surface area contributed by atoms with Gasteiger partial charge in [0.1, 0.15) is 164 Å². The van der Waals surface area contributed by atoms with Crippen LogP contribution in [0.4, 0.5) is 0 Å². The Bertz CT molecular complexity index is 3690. The fraction of sp³-hybridized carbons (Fsp3) is 0.943. The van der Waals surface area contributed by atoms with Gasteiger partial charge < -0.3 is 193 Å². The van der Waals surface area contributed by atoms with Gasteiger partial charge in [-0.15, -0.1) is 0 Å². The first-order valence-electron chi connectivity index (χ1n) is 46.5. The highest BCUT2D eigenvalue weighted by Crippen LogP contribution is 2.76. The summed E-state index contributed by atoms with van der Waals surface area (Å²) in [6, 6.07) is 0. The summed E-state index contributed by atoms with van der Waals surface area (Å²) in [7, 11) is 0. The molecule has 22 N–H and O–H groups in total. The SMILES string of the molecule is CCCCCCCCCCCCNC(=O)[C@H]1O[C@@H](O[C@H]2CC[C@]3(C)[C@H]4CC=C5[C@H]6CC(C)(C)CC[C@]6(C(=O)O[C@@H]6O[C@H](C)[C@H](O)[C@H](O)[C@H]6O[C@@H]6O[C@@H](C)[C@H](O[C@@H]7OC[C@@H](O)[C@H](O)[C@H]7O)[C@@H](O[C@@H]7O[C@H](CO)[C@@H](O)[C@H](O[C@@H]8OC[C@@H](O)[C@H](O)[C@H]8O)[C@H]7O)[C@H]6O)[C@H](O)C[C@@]5(C)[C@]4(C)CC[C@H]3[C@]2(C)C=O)[C@H](O[C@@H]2O[C@H](CO)[C@H](O)[C@H](O)[C@H]2O)[C@@H](O[C@@H]2O[C@@H](C)[C@H](O)[C@@H](O)[C@H]2O)[C@@H]1O. The molecule has 13 aliphatic rings. The number of allylic oxidation sites excluding steroid dienone is 2. The third-order valence-electron chi connectivity index (χ3n) is 31.8. The number of rotatable bonds is 31.